The number of benzene rings is 1. The first kappa shape index (κ1) is 15.9. The van der Waals surface area contributed by atoms with Gasteiger partial charge in [-0.2, -0.15) is 0 Å². The Balaban J connectivity index is 2.68. The molecule has 0 spiro atoms. The van der Waals surface area contributed by atoms with Gasteiger partial charge in [0.25, 0.3) is 0 Å². The topological polar surface area (TPSA) is 75.6 Å². The van der Waals surface area contributed by atoms with Crippen LogP contribution in [0.2, 0.25) is 0 Å². The summed E-state index contributed by atoms with van der Waals surface area (Å²) in [5, 5.41) is 11.5. The quantitative estimate of drug-likeness (QED) is 0.747. The van der Waals surface area contributed by atoms with Crippen molar-refractivity contribution in [2.75, 3.05) is 13.7 Å². The van der Waals surface area contributed by atoms with Crippen LogP contribution in [0.5, 0.6) is 0 Å². The van der Waals surface area contributed by atoms with Gasteiger partial charge in [0.2, 0.25) is 5.91 Å². The van der Waals surface area contributed by atoms with E-state index in [2.05, 4.69) is 5.32 Å². The molecule has 1 amide bonds. The van der Waals surface area contributed by atoms with Crippen molar-refractivity contribution >= 4 is 18.0 Å². The molecule has 2 N–H and O–H groups in total. The summed E-state index contributed by atoms with van der Waals surface area (Å²) in [5.41, 5.74) is 1.70. The third-order valence-electron chi connectivity index (χ3n) is 2.74. The highest BCUT2D eigenvalue weighted by atomic mass is 16.5. The van der Waals surface area contributed by atoms with E-state index in [1.165, 1.54) is 6.08 Å². The van der Waals surface area contributed by atoms with Crippen LogP contribution in [0.4, 0.5) is 0 Å². The van der Waals surface area contributed by atoms with Crippen LogP contribution < -0.4 is 5.32 Å². The van der Waals surface area contributed by atoms with Crippen molar-refractivity contribution in [3.63, 3.8) is 0 Å². The standard InChI is InChI=1S/C15H19NO4/c1-11(16-14(17)8-9-20-2)13-5-3-4-12(10-13)6-7-15(18)19/h3-7,10-11H,8-9H2,1-2H3,(H,16,17)(H,18,19). The number of ether oxygens (including phenoxy) is 1. The number of amides is 1. The van der Waals surface area contributed by atoms with E-state index in [1.54, 1.807) is 7.11 Å². The number of carboxylic acid groups (broad SMARTS) is 1. The smallest absolute Gasteiger partial charge is 0.328 e. The lowest BCUT2D eigenvalue weighted by atomic mass is 10.0. The zero-order chi connectivity index (χ0) is 15.0. The maximum Gasteiger partial charge on any atom is 0.328 e. The lowest BCUT2D eigenvalue weighted by Gasteiger charge is -2.14. The minimum absolute atomic E-state index is 0.0779. The molecule has 0 aliphatic rings. The van der Waals surface area contributed by atoms with Crippen LogP contribution in [-0.2, 0) is 14.3 Å². The number of carboxylic acids is 1. The first-order valence-electron chi connectivity index (χ1n) is 6.32. The minimum Gasteiger partial charge on any atom is -0.478 e. The largest absolute Gasteiger partial charge is 0.478 e. The number of rotatable bonds is 7. The highest BCUT2D eigenvalue weighted by Crippen LogP contribution is 2.15. The summed E-state index contributed by atoms with van der Waals surface area (Å²) in [7, 11) is 1.55. The first-order chi connectivity index (χ1) is 9.52. The summed E-state index contributed by atoms with van der Waals surface area (Å²) in [6.07, 6.45) is 2.92. The summed E-state index contributed by atoms with van der Waals surface area (Å²) in [4.78, 5) is 22.1. The summed E-state index contributed by atoms with van der Waals surface area (Å²) in [6, 6.07) is 7.23. The van der Waals surface area contributed by atoms with Gasteiger partial charge in [-0.3, -0.25) is 4.79 Å². The second-order valence-electron chi connectivity index (χ2n) is 4.37. The van der Waals surface area contributed by atoms with E-state index in [9.17, 15) is 9.59 Å². The molecule has 5 heteroatoms. The molecular formula is C15H19NO4. The van der Waals surface area contributed by atoms with Gasteiger partial charge in [-0.15, -0.1) is 0 Å². The van der Waals surface area contributed by atoms with Crippen LogP contribution in [0.15, 0.2) is 30.3 Å². The Bertz CT molecular complexity index is 496. The third kappa shape index (κ3) is 5.67. The number of aliphatic carboxylic acids is 1. The lowest BCUT2D eigenvalue weighted by Crippen LogP contribution is -2.27. The zero-order valence-corrected chi connectivity index (χ0v) is 11.6. The Morgan fingerprint density at radius 2 is 2.20 bits per heavy atom. The molecule has 0 bridgehead atoms. The zero-order valence-electron chi connectivity index (χ0n) is 11.6. The van der Waals surface area contributed by atoms with Crippen molar-refractivity contribution in [3.8, 4) is 0 Å². The van der Waals surface area contributed by atoms with Crippen molar-refractivity contribution < 1.29 is 19.4 Å². The van der Waals surface area contributed by atoms with Gasteiger partial charge in [0, 0.05) is 19.6 Å². The average molecular weight is 277 g/mol. The molecule has 0 saturated heterocycles. The van der Waals surface area contributed by atoms with E-state index in [4.69, 9.17) is 9.84 Å². The first-order valence-corrected chi connectivity index (χ1v) is 6.32. The fraction of sp³-hybridized carbons (Fsp3) is 0.333. The Labute approximate surface area is 118 Å². The molecule has 1 aromatic rings. The fourth-order valence-electron chi connectivity index (χ4n) is 1.69. The van der Waals surface area contributed by atoms with E-state index >= 15 is 0 Å². The van der Waals surface area contributed by atoms with Gasteiger partial charge >= 0.3 is 5.97 Å². The molecule has 108 valence electrons. The molecule has 1 aromatic carbocycles. The maximum absolute atomic E-state index is 11.6. The molecule has 5 nitrogen and oxygen atoms in total. The molecule has 1 unspecified atom stereocenters. The Morgan fingerprint density at radius 1 is 1.45 bits per heavy atom. The monoisotopic (exact) mass is 277 g/mol. The molecule has 1 rings (SSSR count). The van der Waals surface area contributed by atoms with Crippen LogP contribution in [0, 0.1) is 0 Å². The van der Waals surface area contributed by atoms with Crippen LogP contribution in [-0.4, -0.2) is 30.7 Å². The van der Waals surface area contributed by atoms with E-state index < -0.39 is 5.97 Å². The molecule has 1 atom stereocenters. The average Bonchev–Trinajstić information content (AvgIpc) is 2.43. The van der Waals surface area contributed by atoms with Crippen LogP contribution in [0.1, 0.15) is 30.5 Å². The molecule has 0 heterocycles. The fourth-order valence-corrected chi connectivity index (χ4v) is 1.69. The number of hydrogen-bond acceptors (Lipinski definition) is 3. The molecule has 0 aliphatic carbocycles. The van der Waals surface area contributed by atoms with Crippen molar-refractivity contribution in [2.45, 2.75) is 19.4 Å². The summed E-state index contributed by atoms with van der Waals surface area (Å²) in [6.45, 7) is 2.27. The van der Waals surface area contributed by atoms with Crippen LogP contribution in [0.25, 0.3) is 6.08 Å². The Kier molecular flexibility index (Phi) is 6.46. The van der Waals surface area contributed by atoms with Crippen LogP contribution >= 0.6 is 0 Å². The maximum atomic E-state index is 11.6. The van der Waals surface area contributed by atoms with E-state index in [0.29, 0.717) is 13.0 Å². The molecular weight excluding hydrogens is 258 g/mol. The third-order valence-corrected chi connectivity index (χ3v) is 2.74. The predicted molar refractivity (Wildman–Crippen MR) is 76.2 cm³/mol. The second-order valence-corrected chi connectivity index (χ2v) is 4.37. The lowest BCUT2D eigenvalue weighted by molar-refractivity contribution is -0.131. The normalized spacial score (nSPS) is 12.3. The summed E-state index contributed by atoms with van der Waals surface area (Å²) >= 11 is 0. The van der Waals surface area contributed by atoms with E-state index in [-0.39, 0.29) is 11.9 Å². The predicted octanol–water partition coefficient (Wildman–Crippen LogP) is 2.00. The molecule has 0 aromatic heterocycles. The van der Waals surface area contributed by atoms with Crippen molar-refractivity contribution in [1.29, 1.82) is 0 Å². The van der Waals surface area contributed by atoms with Gasteiger partial charge in [-0.1, -0.05) is 18.2 Å². The number of methoxy groups -OCH3 is 1. The second kappa shape index (κ2) is 8.12. The van der Waals surface area contributed by atoms with Gasteiger partial charge in [-0.25, -0.2) is 4.79 Å². The molecule has 0 radical (unpaired) electrons. The SMILES string of the molecule is COCCC(=O)NC(C)c1cccc(C=CC(=O)O)c1. The van der Waals surface area contributed by atoms with E-state index in [0.717, 1.165) is 17.2 Å². The Morgan fingerprint density at radius 3 is 2.85 bits per heavy atom. The highest BCUT2D eigenvalue weighted by molar-refractivity contribution is 5.85. The summed E-state index contributed by atoms with van der Waals surface area (Å²) < 4.78 is 4.85. The van der Waals surface area contributed by atoms with Gasteiger partial charge in [0.1, 0.15) is 0 Å². The minimum atomic E-state index is -0.990. The van der Waals surface area contributed by atoms with Crippen LogP contribution in [0.3, 0.4) is 0 Å². The highest BCUT2D eigenvalue weighted by Gasteiger charge is 2.09. The number of carbonyl (C=O) groups is 2. The van der Waals surface area contributed by atoms with Gasteiger partial charge < -0.3 is 15.2 Å². The van der Waals surface area contributed by atoms with Gasteiger partial charge in [-0.05, 0) is 30.2 Å². The van der Waals surface area contributed by atoms with Gasteiger partial charge in [0.15, 0.2) is 0 Å². The summed E-state index contributed by atoms with van der Waals surface area (Å²) in [5.74, 6) is -1.07. The molecule has 0 saturated carbocycles. The van der Waals surface area contributed by atoms with Crippen molar-refractivity contribution in [3.05, 3.63) is 41.5 Å². The number of nitrogens with one attached hydrogen (secondary N) is 1. The van der Waals surface area contributed by atoms with Gasteiger partial charge in [0.05, 0.1) is 12.6 Å². The van der Waals surface area contributed by atoms with E-state index in [1.807, 2.05) is 31.2 Å². The molecule has 0 fully saturated rings. The van der Waals surface area contributed by atoms with Crippen molar-refractivity contribution in [2.24, 2.45) is 0 Å². The van der Waals surface area contributed by atoms with Crippen molar-refractivity contribution in [1.82, 2.24) is 5.32 Å². The molecule has 0 aliphatic heterocycles. The number of carbonyl (C=O) groups excluding carboxylic acids is 1. The Hall–Kier alpha value is -2.14. The molecule has 20 heavy (non-hydrogen) atoms. The number of hydrogen-bond donors (Lipinski definition) is 2.